The van der Waals surface area contributed by atoms with Crippen LogP contribution < -0.4 is 4.90 Å². The van der Waals surface area contributed by atoms with Crippen LogP contribution in [-0.4, -0.2) is 0 Å². The molecule has 0 aliphatic carbocycles. The van der Waals surface area contributed by atoms with E-state index in [0.717, 1.165) is 44.6 Å². The Balaban J connectivity index is 1.30. The molecule has 8 aromatic carbocycles. The summed E-state index contributed by atoms with van der Waals surface area (Å²) in [4.78, 5) is 2.37. The van der Waals surface area contributed by atoms with Crippen LogP contribution in [0.5, 0.6) is 0 Å². The molecule has 1 aromatic heterocycles. The van der Waals surface area contributed by atoms with Crippen LogP contribution in [0, 0.1) is 0 Å². The molecule has 0 fully saturated rings. The van der Waals surface area contributed by atoms with Gasteiger partial charge in [0.05, 0.1) is 5.69 Å². The molecular formula is C46H31NO. The minimum atomic E-state index is 0.863. The smallest absolute Gasteiger partial charge is 0.137 e. The monoisotopic (exact) mass is 613 g/mol. The standard InChI is InChI=1S/C46H31NO/c1-3-12-32(13-4-1)34-22-26-37(27-23-34)47(38-28-24-35(25-29-38)33-14-5-2-6-15-33)44-31-46-43(41-19-9-10-21-45(41)48-46)30-42(44)40-20-11-17-36-16-7-8-18-39(36)40/h1-31H. The summed E-state index contributed by atoms with van der Waals surface area (Å²) < 4.78 is 6.52. The molecule has 48 heavy (non-hydrogen) atoms. The van der Waals surface area contributed by atoms with E-state index in [-0.39, 0.29) is 0 Å². The molecule has 0 aliphatic rings. The molecule has 0 spiro atoms. The van der Waals surface area contributed by atoms with Gasteiger partial charge < -0.3 is 9.32 Å². The number of furan rings is 1. The molecule has 0 radical (unpaired) electrons. The van der Waals surface area contributed by atoms with Crippen molar-refractivity contribution in [2.24, 2.45) is 0 Å². The first-order chi connectivity index (χ1) is 23.8. The average molecular weight is 614 g/mol. The lowest BCUT2D eigenvalue weighted by atomic mass is 9.94. The Labute approximate surface area is 279 Å². The van der Waals surface area contributed by atoms with Gasteiger partial charge >= 0.3 is 0 Å². The van der Waals surface area contributed by atoms with Crippen LogP contribution in [0.1, 0.15) is 0 Å². The molecule has 2 nitrogen and oxygen atoms in total. The highest BCUT2D eigenvalue weighted by Crippen LogP contribution is 2.46. The fraction of sp³-hybridized carbons (Fsp3) is 0. The minimum absolute atomic E-state index is 0.863. The number of benzene rings is 8. The van der Waals surface area contributed by atoms with Crippen molar-refractivity contribution in [1.29, 1.82) is 0 Å². The highest BCUT2D eigenvalue weighted by molar-refractivity contribution is 6.11. The summed E-state index contributed by atoms with van der Waals surface area (Å²) in [5.41, 5.74) is 12.0. The Morgan fingerprint density at radius 2 is 0.854 bits per heavy atom. The fourth-order valence-electron chi connectivity index (χ4n) is 6.92. The van der Waals surface area contributed by atoms with Gasteiger partial charge in [0.2, 0.25) is 0 Å². The van der Waals surface area contributed by atoms with E-state index in [1.165, 1.54) is 38.6 Å². The lowest BCUT2D eigenvalue weighted by molar-refractivity contribution is 0.669. The summed E-state index contributed by atoms with van der Waals surface area (Å²) in [6, 6.07) is 66.9. The van der Waals surface area contributed by atoms with Crippen LogP contribution in [-0.2, 0) is 0 Å². The van der Waals surface area contributed by atoms with Crippen LogP contribution in [0.3, 0.4) is 0 Å². The van der Waals surface area contributed by atoms with Crippen LogP contribution >= 0.6 is 0 Å². The Morgan fingerprint density at radius 1 is 0.333 bits per heavy atom. The van der Waals surface area contributed by atoms with Crippen molar-refractivity contribution in [2.75, 3.05) is 4.90 Å². The van der Waals surface area contributed by atoms with Crippen LogP contribution in [0.25, 0.3) is 66.1 Å². The number of fused-ring (bicyclic) bond motifs is 4. The third-order valence-corrected chi connectivity index (χ3v) is 9.28. The average Bonchev–Trinajstić information content (AvgIpc) is 3.53. The molecule has 0 saturated heterocycles. The van der Waals surface area contributed by atoms with Gasteiger partial charge in [-0.2, -0.15) is 0 Å². The number of rotatable bonds is 6. The van der Waals surface area contributed by atoms with Crippen LogP contribution in [0.4, 0.5) is 17.1 Å². The lowest BCUT2D eigenvalue weighted by Gasteiger charge is -2.28. The van der Waals surface area contributed by atoms with Gasteiger partial charge in [0, 0.05) is 33.8 Å². The Morgan fingerprint density at radius 3 is 1.50 bits per heavy atom. The fourth-order valence-corrected chi connectivity index (χ4v) is 6.92. The SMILES string of the molecule is c1ccc(-c2ccc(N(c3ccc(-c4ccccc4)cc3)c3cc4oc5ccccc5c4cc3-c3cccc4ccccc34)cc2)cc1. The summed E-state index contributed by atoms with van der Waals surface area (Å²) in [7, 11) is 0. The number of hydrogen-bond donors (Lipinski definition) is 0. The molecule has 9 aromatic rings. The summed E-state index contributed by atoms with van der Waals surface area (Å²) in [5.74, 6) is 0. The van der Waals surface area contributed by atoms with Gasteiger partial charge in [-0.25, -0.2) is 0 Å². The molecule has 0 aliphatic heterocycles. The molecule has 0 atom stereocenters. The van der Waals surface area contributed by atoms with E-state index in [4.69, 9.17) is 4.42 Å². The number of hydrogen-bond acceptors (Lipinski definition) is 2. The van der Waals surface area contributed by atoms with Crippen molar-refractivity contribution in [3.8, 4) is 33.4 Å². The minimum Gasteiger partial charge on any atom is -0.456 e. The molecule has 0 amide bonds. The van der Waals surface area contributed by atoms with E-state index >= 15 is 0 Å². The maximum absolute atomic E-state index is 6.52. The highest BCUT2D eigenvalue weighted by atomic mass is 16.3. The van der Waals surface area contributed by atoms with Crippen LogP contribution in [0.15, 0.2) is 192 Å². The first-order valence-corrected chi connectivity index (χ1v) is 16.3. The highest BCUT2D eigenvalue weighted by Gasteiger charge is 2.22. The van der Waals surface area contributed by atoms with Crippen molar-refractivity contribution in [3.05, 3.63) is 188 Å². The Bertz CT molecular complexity index is 2440. The topological polar surface area (TPSA) is 16.4 Å². The normalized spacial score (nSPS) is 11.3. The predicted molar refractivity (Wildman–Crippen MR) is 202 cm³/mol. The van der Waals surface area contributed by atoms with Crippen LogP contribution in [0.2, 0.25) is 0 Å². The van der Waals surface area contributed by atoms with Crippen molar-refractivity contribution >= 4 is 49.8 Å². The third-order valence-electron chi connectivity index (χ3n) is 9.28. The quantitative estimate of drug-likeness (QED) is 0.185. The Kier molecular flexibility index (Phi) is 6.84. The van der Waals surface area contributed by atoms with E-state index in [1.54, 1.807) is 0 Å². The van der Waals surface area contributed by atoms with Gasteiger partial charge in [-0.05, 0) is 75.0 Å². The first-order valence-electron chi connectivity index (χ1n) is 16.3. The molecule has 226 valence electrons. The number of para-hydroxylation sites is 1. The predicted octanol–water partition coefficient (Wildman–Crippen LogP) is 13.2. The second-order valence-corrected chi connectivity index (χ2v) is 12.2. The van der Waals surface area contributed by atoms with E-state index in [1.807, 2.05) is 6.07 Å². The van der Waals surface area contributed by atoms with Gasteiger partial charge in [-0.15, -0.1) is 0 Å². The zero-order valence-electron chi connectivity index (χ0n) is 26.3. The number of anilines is 3. The third kappa shape index (κ3) is 4.92. The first kappa shape index (κ1) is 27.9. The van der Waals surface area contributed by atoms with Crippen molar-refractivity contribution in [3.63, 3.8) is 0 Å². The molecule has 0 saturated carbocycles. The summed E-state index contributed by atoms with van der Waals surface area (Å²) in [5, 5.41) is 4.65. The largest absolute Gasteiger partial charge is 0.456 e. The maximum atomic E-state index is 6.52. The van der Waals surface area contributed by atoms with Gasteiger partial charge in [0.1, 0.15) is 11.2 Å². The van der Waals surface area contributed by atoms with Gasteiger partial charge in [-0.3, -0.25) is 0 Å². The van der Waals surface area contributed by atoms with Gasteiger partial charge in [0.25, 0.3) is 0 Å². The molecule has 1 heterocycles. The Hall–Kier alpha value is -6.38. The molecular weight excluding hydrogens is 583 g/mol. The molecule has 9 rings (SSSR count). The second-order valence-electron chi connectivity index (χ2n) is 12.2. The maximum Gasteiger partial charge on any atom is 0.137 e. The second kappa shape index (κ2) is 11.8. The number of nitrogens with zero attached hydrogens (tertiary/aromatic N) is 1. The lowest BCUT2D eigenvalue weighted by Crippen LogP contribution is -2.11. The summed E-state index contributed by atoms with van der Waals surface area (Å²) >= 11 is 0. The van der Waals surface area contributed by atoms with Gasteiger partial charge in [0.15, 0.2) is 0 Å². The zero-order valence-corrected chi connectivity index (χ0v) is 26.3. The summed E-state index contributed by atoms with van der Waals surface area (Å²) in [6.45, 7) is 0. The summed E-state index contributed by atoms with van der Waals surface area (Å²) in [6.07, 6.45) is 0. The van der Waals surface area contributed by atoms with Crippen molar-refractivity contribution in [2.45, 2.75) is 0 Å². The van der Waals surface area contributed by atoms with E-state index in [0.29, 0.717) is 0 Å². The van der Waals surface area contributed by atoms with E-state index in [2.05, 4.69) is 187 Å². The molecule has 0 bridgehead atoms. The molecule has 0 unspecified atom stereocenters. The van der Waals surface area contributed by atoms with Crippen molar-refractivity contribution in [1.82, 2.24) is 0 Å². The molecule has 2 heteroatoms. The van der Waals surface area contributed by atoms with E-state index in [9.17, 15) is 0 Å². The van der Waals surface area contributed by atoms with Crippen molar-refractivity contribution < 1.29 is 4.42 Å². The van der Waals surface area contributed by atoms with E-state index < -0.39 is 0 Å². The molecule has 0 N–H and O–H groups in total. The zero-order chi connectivity index (χ0) is 31.9. The van der Waals surface area contributed by atoms with Gasteiger partial charge in [-0.1, -0.05) is 146 Å².